The first-order valence-corrected chi connectivity index (χ1v) is 10.5. The van der Waals surface area contributed by atoms with Crippen molar-refractivity contribution in [1.29, 1.82) is 0 Å². The Bertz CT molecular complexity index is 928. The van der Waals surface area contributed by atoms with Gasteiger partial charge < -0.3 is 10.6 Å². The molecule has 2 saturated heterocycles. The summed E-state index contributed by atoms with van der Waals surface area (Å²) in [6.07, 6.45) is 0.985. The Morgan fingerprint density at radius 1 is 1.23 bits per heavy atom. The number of nitrogens with one attached hydrogen (secondary N) is 2. The lowest BCUT2D eigenvalue weighted by atomic mass is 9.87. The Morgan fingerprint density at radius 3 is 2.57 bits per heavy atom. The summed E-state index contributed by atoms with van der Waals surface area (Å²) in [7, 11) is 0. The Kier molecular flexibility index (Phi) is 6.74. The highest BCUT2D eigenvalue weighted by atomic mass is 35.5. The second-order valence-corrected chi connectivity index (χ2v) is 8.37. The van der Waals surface area contributed by atoms with E-state index in [1.807, 2.05) is 47.5 Å². The molecule has 2 fully saturated rings. The number of piperidine rings is 1. The molecule has 2 aromatic rings. The van der Waals surface area contributed by atoms with Gasteiger partial charge in [0.25, 0.3) is 5.91 Å². The van der Waals surface area contributed by atoms with Gasteiger partial charge in [0.05, 0.1) is 18.8 Å². The first-order chi connectivity index (χ1) is 13.9. The third-order valence-electron chi connectivity index (χ3n) is 5.37. The first kappa shape index (κ1) is 22.2. The van der Waals surface area contributed by atoms with Crippen LogP contribution in [0.1, 0.15) is 24.1 Å². The van der Waals surface area contributed by atoms with E-state index in [-0.39, 0.29) is 43.3 Å². The fourth-order valence-corrected chi connectivity index (χ4v) is 4.50. The lowest BCUT2D eigenvalue weighted by molar-refractivity contribution is -0.133. The number of nitrogens with zero attached hydrogens (tertiary/aromatic N) is 3. The van der Waals surface area contributed by atoms with Gasteiger partial charge in [-0.2, -0.15) is 0 Å². The van der Waals surface area contributed by atoms with Crippen LogP contribution in [0.5, 0.6) is 0 Å². The van der Waals surface area contributed by atoms with Crippen molar-refractivity contribution in [1.82, 2.24) is 20.1 Å². The van der Waals surface area contributed by atoms with Crippen LogP contribution in [0.25, 0.3) is 0 Å². The van der Waals surface area contributed by atoms with Crippen LogP contribution in [0.15, 0.2) is 35.7 Å². The molecule has 30 heavy (non-hydrogen) atoms. The van der Waals surface area contributed by atoms with Crippen LogP contribution < -0.4 is 10.6 Å². The highest BCUT2D eigenvalue weighted by molar-refractivity contribution is 7.13. The zero-order chi connectivity index (χ0) is 20.4. The van der Waals surface area contributed by atoms with E-state index in [1.165, 1.54) is 16.2 Å². The topological polar surface area (TPSA) is 94.6 Å². The molecule has 160 valence electrons. The van der Waals surface area contributed by atoms with Gasteiger partial charge in [0, 0.05) is 18.5 Å². The van der Waals surface area contributed by atoms with E-state index in [1.54, 1.807) is 0 Å². The summed E-state index contributed by atoms with van der Waals surface area (Å²) < 4.78 is 0. The van der Waals surface area contributed by atoms with Gasteiger partial charge in [0.1, 0.15) is 5.54 Å². The number of carbonyl (C=O) groups is 3. The van der Waals surface area contributed by atoms with Gasteiger partial charge in [-0.15, -0.1) is 23.7 Å². The number of anilines is 1. The summed E-state index contributed by atoms with van der Waals surface area (Å²) in [5, 5.41) is 8.19. The minimum Gasteiger partial charge on any atom is -0.323 e. The molecule has 0 unspecified atom stereocenters. The molecule has 0 radical (unpaired) electrons. The van der Waals surface area contributed by atoms with Crippen molar-refractivity contribution in [3.8, 4) is 0 Å². The number of aromatic nitrogens is 1. The number of likely N-dealkylation sites (tertiary alicyclic amines) is 1. The van der Waals surface area contributed by atoms with Crippen LogP contribution in [0.2, 0.25) is 0 Å². The van der Waals surface area contributed by atoms with Crippen molar-refractivity contribution in [3.05, 3.63) is 47.0 Å². The SMILES string of the molecule is Cc1csc(NC(=O)CN2CCC3(CC2)NC(=O)N(Cc2ccccc2)C3=O)n1.Cl. The molecule has 1 spiro atoms. The molecule has 0 saturated carbocycles. The molecule has 0 bridgehead atoms. The third-order valence-corrected chi connectivity index (χ3v) is 6.25. The van der Waals surface area contributed by atoms with E-state index in [9.17, 15) is 14.4 Å². The van der Waals surface area contributed by atoms with E-state index in [0.717, 1.165) is 11.3 Å². The molecule has 4 rings (SSSR count). The van der Waals surface area contributed by atoms with Gasteiger partial charge in [-0.3, -0.25) is 19.4 Å². The number of benzene rings is 1. The Labute approximate surface area is 185 Å². The number of carbonyl (C=O) groups excluding carboxylic acids is 3. The van der Waals surface area contributed by atoms with Gasteiger partial charge >= 0.3 is 6.03 Å². The number of halogens is 1. The van der Waals surface area contributed by atoms with Gasteiger partial charge in [-0.1, -0.05) is 30.3 Å². The molecule has 1 aromatic heterocycles. The molecule has 4 amide bonds. The van der Waals surface area contributed by atoms with Crippen LogP contribution in [0.4, 0.5) is 9.93 Å². The van der Waals surface area contributed by atoms with Crippen LogP contribution in [-0.2, 0) is 16.1 Å². The maximum absolute atomic E-state index is 13.0. The van der Waals surface area contributed by atoms with Gasteiger partial charge in [-0.25, -0.2) is 9.78 Å². The van der Waals surface area contributed by atoms with E-state index < -0.39 is 5.54 Å². The minimum absolute atomic E-state index is 0. The fourth-order valence-electron chi connectivity index (χ4n) is 3.79. The summed E-state index contributed by atoms with van der Waals surface area (Å²) in [6.45, 7) is 3.52. The van der Waals surface area contributed by atoms with Crippen LogP contribution in [0, 0.1) is 6.92 Å². The zero-order valence-corrected chi connectivity index (χ0v) is 18.2. The Balaban J connectivity index is 0.00000256. The number of hydrogen-bond acceptors (Lipinski definition) is 6. The standard InChI is InChI=1S/C20H23N5O3S.ClH/c1-14-13-29-18(21-14)22-16(26)12-24-9-7-20(8-10-24)17(27)25(19(28)23-20)11-15-5-3-2-4-6-15;/h2-6,13H,7-12H2,1H3,(H,23,28)(H,21,22,26);1H. The third kappa shape index (κ3) is 4.63. The summed E-state index contributed by atoms with van der Waals surface area (Å²) >= 11 is 1.40. The largest absolute Gasteiger partial charge is 0.325 e. The highest BCUT2D eigenvalue weighted by Crippen LogP contribution is 2.30. The monoisotopic (exact) mass is 449 g/mol. The van der Waals surface area contributed by atoms with Crippen molar-refractivity contribution in [2.24, 2.45) is 0 Å². The molecule has 10 heteroatoms. The van der Waals surface area contributed by atoms with Crippen molar-refractivity contribution in [3.63, 3.8) is 0 Å². The maximum atomic E-state index is 13.0. The van der Waals surface area contributed by atoms with Gasteiger partial charge in [-0.05, 0) is 25.3 Å². The molecule has 2 aliphatic heterocycles. The zero-order valence-electron chi connectivity index (χ0n) is 16.6. The van der Waals surface area contributed by atoms with Gasteiger partial charge in [0.2, 0.25) is 5.91 Å². The number of rotatable bonds is 5. The van der Waals surface area contributed by atoms with Crippen molar-refractivity contribution < 1.29 is 14.4 Å². The second kappa shape index (κ2) is 9.11. The van der Waals surface area contributed by atoms with E-state index in [4.69, 9.17) is 0 Å². The van der Waals surface area contributed by atoms with Crippen LogP contribution in [0.3, 0.4) is 0 Å². The molecule has 0 atom stereocenters. The quantitative estimate of drug-likeness (QED) is 0.683. The summed E-state index contributed by atoms with van der Waals surface area (Å²) in [5.41, 5.74) is 0.936. The molecular formula is C20H24ClN5O3S. The normalized spacial score (nSPS) is 18.2. The number of aryl methyl sites for hydroxylation is 1. The van der Waals surface area contributed by atoms with E-state index >= 15 is 0 Å². The first-order valence-electron chi connectivity index (χ1n) is 9.58. The molecule has 8 nitrogen and oxygen atoms in total. The highest BCUT2D eigenvalue weighted by Gasteiger charge is 2.52. The second-order valence-electron chi connectivity index (χ2n) is 7.51. The number of amides is 4. The van der Waals surface area contributed by atoms with E-state index in [2.05, 4.69) is 15.6 Å². The predicted octanol–water partition coefficient (Wildman–Crippen LogP) is 2.40. The van der Waals surface area contributed by atoms with Crippen molar-refractivity contribution >= 4 is 46.7 Å². The van der Waals surface area contributed by atoms with E-state index in [0.29, 0.717) is 31.1 Å². The average Bonchev–Trinajstić information content (AvgIpc) is 3.21. The molecular weight excluding hydrogens is 426 g/mol. The summed E-state index contributed by atoms with van der Waals surface area (Å²) in [6, 6.07) is 9.13. The Morgan fingerprint density at radius 2 is 1.93 bits per heavy atom. The summed E-state index contributed by atoms with van der Waals surface area (Å²) in [5.74, 6) is -0.295. The van der Waals surface area contributed by atoms with Crippen molar-refractivity contribution in [2.45, 2.75) is 31.8 Å². The molecule has 2 N–H and O–H groups in total. The molecule has 3 heterocycles. The summed E-state index contributed by atoms with van der Waals surface area (Å²) in [4.78, 5) is 45.2. The molecule has 1 aromatic carbocycles. The number of hydrogen-bond donors (Lipinski definition) is 2. The lowest BCUT2D eigenvalue weighted by Crippen LogP contribution is -2.55. The van der Waals surface area contributed by atoms with Crippen LogP contribution in [-0.4, -0.2) is 57.8 Å². The van der Waals surface area contributed by atoms with Crippen LogP contribution >= 0.6 is 23.7 Å². The van der Waals surface area contributed by atoms with Gasteiger partial charge in [0.15, 0.2) is 5.13 Å². The predicted molar refractivity (Wildman–Crippen MR) is 117 cm³/mol. The average molecular weight is 450 g/mol. The number of thiazole rings is 1. The minimum atomic E-state index is -0.856. The number of urea groups is 1. The lowest BCUT2D eigenvalue weighted by Gasteiger charge is -2.36. The maximum Gasteiger partial charge on any atom is 0.325 e. The number of imide groups is 1. The molecule has 0 aliphatic carbocycles. The Hall–Kier alpha value is -2.49. The smallest absolute Gasteiger partial charge is 0.323 e. The van der Waals surface area contributed by atoms with Crippen molar-refractivity contribution in [2.75, 3.05) is 25.0 Å². The molecule has 2 aliphatic rings. The fraction of sp³-hybridized carbons (Fsp3) is 0.400.